The number of thioether (sulfide) groups is 1. The van der Waals surface area contributed by atoms with E-state index in [1.165, 1.54) is 10.5 Å². The zero-order chi connectivity index (χ0) is 18.4. The van der Waals surface area contributed by atoms with E-state index in [2.05, 4.69) is 40.7 Å². The van der Waals surface area contributed by atoms with E-state index >= 15 is 0 Å². The van der Waals surface area contributed by atoms with E-state index in [0.29, 0.717) is 0 Å². The van der Waals surface area contributed by atoms with Gasteiger partial charge in [-0.3, -0.25) is 9.69 Å². The van der Waals surface area contributed by atoms with Gasteiger partial charge in [-0.1, -0.05) is 12.1 Å². The molecular formula is C21H27N3OS. The van der Waals surface area contributed by atoms with E-state index in [1.54, 1.807) is 11.8 Å². The molecule has 0 radical (unpaired) electrons. The summed E-state index contributed by atoms with van der Waals surface area (Å²) in [5.41, 5.74) is 3.18. The largest absolute Gasteiger partial charge is 0.388 e. The minimum atomic E-state index is 0.139. The van der Waals surface area contributed by atoms with E-state index < -0.39 is 0 Å². The first kappa shape index (κ1) is 18.8. The molecule has 1 fully saturated rings. The summed E-state index contributed by atoms with van der Waals surface area (Å²) >= 11 is 1.78. The molecule has 0 aliphatic carbocycles. The first-order valence-corrected chi connectivity index (χ1v) is 10.3. The number of piperazine rings is 1. The molecule has 2 aromatic carbocycles. The summed E-state index contributed by atoms with van der Waals surface area (Å²) in [4.78, 5) is 18.4. The maximum absolute atomic E-state index is 12.6. The number of carbonyl (C=O) groups is 1. The molecule has 5 heteroatoms. The van der Waals surface area contributed by atoms with Gasteiger partial charge in [-0.25, -0.2) is 0 Å². The normalized spacial score (nSPS) is 15.1. The van der Waals surface area contributed by atoms with Crippen LogP contribution in [-0.2, 0) is 6.42 Å². The summed E-state index contributed by atoms with van der Waals surface area (Å²) in [6.45, 7) is 4.56. The van der Waals surface area contributed by atoms with Gasteiger partial charge >= 0.3 is 0 Å². The fraction of sp³-hybridized carbons (Fsp3) is 0.381. The Morgan fingerprint density at radius 2 is 1.65 bits per heavy atom. The molecule has 1 heterocycles. The SMILES string of the molecule is CNc1ccc(C(=O)N2CCN(CCc3ccc(SC)cc3)CC2)cc1. The van der Waals surface area contributed by atoms with Crippen molar-refractivity contribution in [1.82, 2.24) is 9.80 Å². The summed E-state index contributed by atoms with van der Waals surface area (Å²) in [5, 5.41) is 3.08. The van der Waals surface area contributed by atoms with Gasteiger partial charge < -0.3 is 10.2 Å². The van der Waals surface area contributed by atoms with Crippen LogP contribution in [0.4, 0.5) is 5.69 Å². The van der Waals surface area contributed by atoms with E-state index in [4.69, 9.17) is 0 Å². The van der Waals surface area contributed by atoms with Gasteiger partial charge in [0, 0.05) is 55.9 Å². The minimum absolute atomic E-state index is 0.139. The second-order valence-electron chi connectivity index (χ2n) is 6.56. The molecular weight excluding hydrogens is 342 g/mol. The zero-order valence-corrected chi connectivity index (χ0v) is 16.4. The monoisotopic (exact) mass is 369 g/mol. The molecule has 2 aromatic rings. The van der Waals surface area contributed by atoms with Crippen molar-refractivity contribution in [2.45, 2.75) is 11.3 Å². The maximum Gasteiger partial charge on any atom is 0.253 e. The summed E-state index contributed by atoms with van der Waals surface area (Å²) < 4.78 is 0. The van der Waals surface area contributed by atoms with Gasteiger partial charge in [-0.2, -0.15) is 0 Å². The standard InChI is InChI=1S/C21H27N3OS/c1-22-19-7-5-18(6-8-19)21(25)24-15-13-23(14-16-24)12-11-17-3-9-20(26-2)10-4-17/h3-10,22H,11-16H2,1-2H3. The third-order valence-electron chi connectivity index (χ3n) is 4.96. The van der Waals surface area contributed by atoms with Crippen LogP contribution < -0.4 is 5.32 Å². The molecule has 0 atom stereocenters. The minimum Gasteiger partial charge on any atom is -0.388 e. The first-order valence-electron chi connectivity index (χ1n) is 9.12. The second-order valence-corrected chi connectivity index (χ2v) is 7.44. The molecule has 3 rings (SSSR count). The fourth-order valence-electron chi connectivity index (χ4n) is 3.22. The molecule has 138 valence electrons. The van der Waals surface area contributed by atoms with Crippen molar-refractivity contribution in [1.29, 1.82) is 0 Å². The number of benzene rings is 2. The molecule has 26 heavy (non-hydrogen) atoms. The van der Waals surface area contributed by atoms with Gasteiger partial charge in [0.25, 0.3) is 5.91 Å². The van der Waals surface area contributed by atoms with Crippen molar-refractivity contribution < 1.29 is 4.79 Å². The Bertz CT molecular complexity index is 707. The average molecular weight is 370 g/mol. The van der Waals surface area contributed by atoms with E-state index in [9.17, 15) is 4.79 Å². The number of nitrogens with zero attached hydrogens (tertiary/aromatic N) is 2. The highest BCUT2D eigenvalue weighted by Gasteiger charge is 2.21. The molecule has 4 nitrogen and oxygen atoms in total. The van der Waals surface area contributed by atoms with Crippen LogP contribution in [0.15, 0.2) is 53.4 Å². The lowest BCUT2D eigenvalue weighted by Crippen LogP contribution is -2.49. The van der Waals surface area contributed by atoms with Crippen molar-refractivity contribution in [2.24, 2.45) is 0 Å². The van der Waals surface area contributed by atoms with Crippen LogP contribution in [0.2, 0.25) is 0 Å². The molecule has 0 spiro atoms. The molecule has 1 saturated heterocycles. The Morgan fingerprint density at radius 3 is 2.23 bits per heavy atom. The topological polar surface area (TPSA) is 35.6 Å². The quantitative estimate of drug-likeness (QED) is 0.791. The van der Waals surface area contributed by atoms with Gasteiger partial charge in [0.05, 0.1) is 0 Å². The molecule has 1 N–H and O–H groups in total. The fourth-order valence-corrected chi connectivity index (χ4v) is 3.62. The van der Waals surface area contributed by atoms with Crippen LogP contribution in [-0.4, -0.2) is 61.7 Å². The number of carbonyl (C=O) groups excluding carboxylic acids is 1. The number of hydrogen-bond donors (Lipinski definition) is 1. The molecule has 0 aromatic heterocycles. The van der Waals surface area contributed by atoms with Gasteiger partial charge in [0.15, 0.2) is 0 Å². The molecule has 0 bridgehead atoms. The Morgan fingerprint density at radius 1 is 1.00 bits per heavy atom. The van der Waals surface area contributed by atoms with Crippen LogP contribution in [0.3, 0.4) is 0 Å². The van der Waals surface area contributed by atoms with Crippen molar-refractivity contribution in [3.63, 3.8) is 0 Å². The smallest absolute Gasteiger partial charge is 0.253 e. The Balaban J connectivity index is 1.46. The number of nitrogens with one attached hydrogen (secondary N) is 1. The van der Waals surface area contributed by atoms with Crippen LogP contribution in [0.5, 0.6) is 0 Å². The Hall–Kier alpha value is -1.98. The molecule has 1 aliphatic rings. The number of anilines is 1. The summed E-state index contributed by atoms with van der Waals surface area (Å²) in [6.07, 6.45) is 3.17. The Labute approximate surface area is 160 Å². The average Bonchev–Trinajstić information content (AvgIpc) is 2.72. The van der Waals surface area contributed by atoms with Crippen molar-refractivity contribution >= 4 is 23.4 Å². The first-order chi connectivity index (χ1) is 12.7. The summed E-state index contributed by atoms with van der Waals surface area (Å²) in [7, 11) is 1.88. The number of hydrogen-bond acceptors (Lipinski definition) is 4. The highest BCUT2D eigenvalue weighted by Crippen LogP contribution is 2.16. The van der Waals surface area contributed by atoms with Crippen LogP contribution in [0, 0.1) is 0 Å². The second kappa shape index (κ2) is 9.10. The molecule has 1 amide bonds. The lowest BCUT2D eigenvalue weighted by molar-refractivity contribution is 0.0638. The summed E-state index contributed by atoms with van der Waals surface area (Å²) in [5.74, 6) is 0.139. The predicted molar refractivity (Wildman–Crippen MR) is 110 cm³/mol. The third kappa shape index (κ3) is 4.80. The van der Waals surface area contributed by atoms with Crippen molar-refractivity contribution in [2.75, 3.05) is 51.3 Å². The zero-order valence-electron chi connectivity index (χ0n) is 15.6. The van der Waals surface area contributed by atoms with Crippen LogP contribution in [0.25, 0.3) is 0 Å². The maximum atomic E-state index is 12.6. The molecule has 1 aliphatic heterocycles. The van der Waals surface area contributed by atoms with E-state index in [-0.39, 0.29) is 5.91 Å². The molecule has 0 saturated carbocycles. The van der Waals surface area contributed by atoms with Crippen LogP contribution >= 0.6 is 11.8 Å². The highest BCUT2D eigenvalue weighted by atomic mass is 32.2. The van der Waals surface area contributed by atoms with Crippen molar-refractivity contribution in [3.05, 3.63) is 59.7 Å². The van der Waals surface area contributed by atoms with Gasteiger partial charge in [-0.15, -0.1) is 11.8 Å². The number of rotatable bonds is 6. The van der Waals surface area contributed by atoms with Crippen LogP contribution in [0.1, 0.15) is 15.9 Å². The Kier molecular flexibility index (Phi) is 6.58. The predicted octanol–water partition coefficient (Wildman–Crippen LogP) is 3.45. The summed E-state index contributed by atoms with van der Waals surface area (Å²) in [6, 6.07) is 16.5. The lowest BCUT2D eigenvalue weighted by atomic mass is 10.1. The molecule has 0 unspecified atom stereocenters. The highest BCUT2D eigenvalue weighted by molar-refractivity contribution is 7.98. The van der Waals surface area contributed by atoms with Gasteiger partial charge in [-0.05, 0) is 54.6 Å². The van der Waals surface area contributed by atoms with Crippen molar-refractivity contribution in [3.8, 4) is 0 Å². The van der Waals surface area contributed by atoms with E-state index in [0.717, 1.165) is 50.4 Å². The van der Waals surface area contributed by atoms with Gasteiger partial charge in [0.1, 0.15) is 0 Å². The lowest BCUT2D eigenvalue weighted by Gasteiger charge is -2.34. The number of amides is 1. The van der Waals surface area contributed by atoms with Gasteiger partial charge in [0.2, 0.25) is 0 Å². The third-order valence-corrected chi connectivity index (χ3v) is 5.70. The van der Waals surface area contributed by atoms with E-state index in [1.807, 2.05) is 36.2 Å².